The highest BCUT2D eigenvalue weighted by Crippen LogP contribution is 2.57. The van der Waals surface area contributed by atoms with Crippen LogP contribution in [0.1, 0.15) is 100 Å². The smallest absolute Gasteiger partial charge is 0.166 e. The molecule has 5 nitrogen and oxygen atoms in total. The van der Waals surface area contributed by atoms with Gasteiger partial charge in [0.25, 0.3) is 0 Å². The van der Waals surface area contributed by atoms with E-state index in [1.54, 1.807) is 18.2 Å². The number of hydrogen-bond donors (Lipinski definition) is 2. The van der Waals surface area contributed by atoms with E-state index in [1.165, 1.54) is 49.7 Å². The predicted molar refractivity (Wildman–Crippen MR) is 198 cm³/mol. The van der Waals surface area contributed by atoms with Crippen molar-refractivity contribution < 1.29 is 4.74 Å². The zero-order valence-corrected chi connectivity index (χ0v) is 30.0. The summed E-state index contributed by atoms with van der Waals surface area (Å²) >= 11 is 6.20. The van der Waals surface area contributed by atoms with Crippen LogP contribution in [-0.4, -0.2) is 47.8 Å². The molecule has 1 aromatic heterocycles. The van der Waals surface area contributed by atoms with Gasteiger partial charge < -0.3 is 15.4 Å². The normalized spacial score (nSPS) is 31.9. The number of thiocarbonyl (C=S) groups is 1. The van der Waals surface area contributed by atoms with Crippen LogP contribution in [0.5, 0.6) is 5.75 Å². The molecule has 2 bridgehead atoms. The van der Waals surface area contributed by atoms with E-state index >= 15 is 0 Å². The Hall–Kier alpha value is -2.96. The van der Waals surface area contributed by atoms with Crippen LogP contribution in [0.2, 0.25) is 0 Å². The maximum atomic E-state index is 6.20. The molecule has 2 N–H and O–H groups in total. The fourth-order valence-electron chi connectivity index (χ4n) is 10.3. The summed E-state index contributed by atoms with van der Waals surface area (Å²) in [5, 5.41) is 9.61. The Kier molecular flexibility index (Phi) is 8.88. The fraction of sp³-hybridized carbons (Fsp3) is 0.561. The number of benzene rings is 2. The number of methoxy groups -OCH3 is 1. The molecule has 8 rings (SSSR count). The van der Waals surface area contributed by atoms with Crippen molar-refractivity contribution in [1.82, 2.24) is 20.5 Å². The number of fused-ring (bicyclic) bond motifs is 7. The van der Waals surface area contributed by atoms with Gasteiger partial charge in [0.1, 0.15) is 5.75 Å². The topological polar surface area (TPSA) is 49.4 Å². The lowest BCUT2D eigenvalue weighted by molar-refractivity contribution is 0.00407. The first-order valence-corrected chi connectivity index (χ1v) is 18.5. The molecule has 3 aromatic rings. The number of nitrogens with one attached hydrogen (secondary N) is 2. The van der Waals surface area contributed by atoms with E-state index in [4.69, 9.17) is 21.9 Å². The molecule has 0 radical (unpaired) electrons. The maximum absolute atomic E-state index is 6.20. The number of nitrogens with zero attached hydrogens (tertiary/aromatic N) is 2. The maximum Gasteiger partial charge on any atom is 0.166 e. The lowest BCUT2D eigenvalue weighted by Crippen LogP contribution is -2.59. The van der Waals surface area contributed by atoms with E-state index in [0.29, 0.717) is 29.7 Å². The monoisotopic (exact) mass is 650 g/mol. The third kappa shape index (κ3) is 5.88. The number of aromatic nitrogens is 1. The zero-order valence-electron chi connectivity index (χ0n) is 29.1. The lowest BCUT2D eigenvalue weighted by atomic mass is 9.49. The number of ether oxygens (including phenoxy) is 1. The summed E-state index contributed by atoms with van der Waals surface area (Å²) in [6.07, 6.45) is 12.7. The van der Waals surface area contributed by atoms with Gasteiger partial charge in [-0.1, -0.05) is 58.4 Å². The lowest BCUT2D eigenvalue weighted by Gasteiger charge is -2.56. The quantitative estimate of drug-likeness (QED) is 0.188. The summed E-state index contributed by atoms with van der Waals surface area (Å²) in [5.41, 5.74) is 7.27. The Labute approximate surface area is 287 Å². The van der Waals surface area contributed by atoms with Crippen molar-refractivity contribution in [3.05, 3.63) is 83.6 Å². The minimum atomic E-state index is 0.0438. The summed E-state index contributed by atoms with van der Waals surface area (Å²) in [6, 6.07) is 16.2. The molecule has 1 saturated carbocycles. The van der Waals surface area contributed by atoms with Gasteiger partial charge in [-0.15, -0.1) is 6.58 Å². The number of hydrogen-bond acceptors (Lipinski definition) is 4. The van der Waals surface area contributed by atoms with E-state index in [2.05, 4.69) is 92.3 Å². The van der Waals surface area contributed by atoms with Gasteiger partial charge in [-0.25, -0.2) is 0 Å². The molecular formula is C41H54N4OS. The summed E-state index contributed by atoms with van der Waals surface area (Å²) in [5.74, 6) is 3.28. The van der Waals surface area contributed by atoms with Gasteiger partial charge in [0.05, 0.1) is 18.7 Å². The third-order valence-electron chi connectivity index (χ3n) is 13.0. The van der Waals surface area contributed by atoms with Crippen LogP contribution in [0.3, 0.4) is 0 Å². The molecule has 250 valence electrons. The summed E-state index contributed by atoms with van der Waals surface area (Å²) in [7, 11) is 1.73. The van der Waals surface area contributed by atoms with Gasteiger partial charge in [0.2, 0.25) is 0 Å². The van der Waals surface area contributed by atoms with Crippen molar-refractivity contribution in [2.24, 2.45) is 23.2 Å². The van der Waals surface area contributed by atoms with Gasteiger partial charge in [-0.05, 0) is 138 Å². The Morgan fingerprint density at radius 3 is 2.74 bits per heavy atom. The molecule has 0 amide bonds. The number of piperidine rings is 3. The fourth-order valence-corrected chi connectivity index (χ4v) is 10.5. The van der Waals surface area contributed by atoms with Crippen molar-refractivity contribution in [3.8, 4) is 5.75 Å². The second-order valence-corrected chi connectivity index (χ2v) is 16.3. The molecule has 5 unspecified atom stereocenters. The molecular weight excluding hydrogens is 597 g/mol. The molecule has 4 fully saturated rings. The number of rotatable bonds is 8. The minimum absolute atomic E-state index is 0.0438. The van der Waals surface area contributed by atoms with Crippen LogP contribution in [0, 0.1) is 23.2 Å². The van der Waals surface area contributed by atoms with Crippen LogP contribution in [0.25, 0.3) is 10.9 Å². The van der Waals surface area contributed by atoms with E-state index in [-0.39, 0.29) is 16.9 Å². The second-order valence-electron chi connectivity index (χ2n) is 15.9. The van der Waals surface area contributed by atoms with Crippen molar-refractivity contribution in [2.45, 2.75) is 96.1 Å². The Bertz CT molecular complexity index is 1650. The minimum Gasteiger partial charge on any atom is -0.497 e. The number of pyridine rings is 1. The number of aryl methyl sites for hydroxylation is 1. The molecule has 4 heterocycles. The standard InChI is InChI=1S/C41H54N4OS/c1-7-27-24-45-20-16-29(27)22-36(45)38(32-15-19-42-35-13-11-31(46-6)23-33(32)35)44-39(47)43-25-40(4)17-8-18-41(5)34-12-9-28(26(2)3)21-30(34)10-14-37(40)41/h7,9,11-13,15,19,21,23,26-27,29,36-38H,1,8,10,14,16-18,20,22,24-25H2,2-6H3,(H2,43,44,47)/t27?,29?,36?,37-,38+,40?,41+/m0/s1. The van der Waals surface area contributed by atoms with Crippen LogP contribution >= 0.6 is 12.2 Å². The molecule has 47 heavy (non-hydrogen) atoms. The van der Waals surface area contributed by atoms with Gasteiger partial charge in [0, 0.05) is 30.7 Å². The molecule has 6 heteroatoms. The zero-order chi connectivity index (χ0) is 32.9. The average Bonchev–Trinajstić information content (AvgIpc) is 3.09. The van der Waals surface area contributed by atoms with Gasteiger partial charge >= 0.3 is 0 Å². The first kappa shape index (κ1) is 32.6. The second kappa shape index (κ2) is 12.8. The molecule has 3 aliphatic heterocycles. The molecule has 0 spiro atoms. The Morgan fingerprint density at radius 1 is 1.15 bits per heavy atom. The van der Waals surface area contributed by atoms with E-state index in [1.807, 2.05) is 12.3 Å². The van der Waals surface area contributed by atoms with Gasteiger partial charge in [-0.2, -0.15) is 0 Å². The summed E-state index contributed by atoms with van der Waals surface area (Å²) in [6.45, 7) is 17.0. The van der Waals surface area contributed by atoms with E-state index in [0.717, 1.165) is 47.8 Å². The molecule has 5 aliphatic rings. The highest BCUT2D eigenvalue weighted by molar-refractivity contribution is 7.80. The van der Waals surface area contributed by atoms with Crippen LogP contribution in [-0.2, 0) is 11.8 Å². The predicted octanol–water partition coefficient (Wildman–Crippen LogP) is 8.48. The van der Waals surface area contributed by atoms with Crippen molar-refractivity contribution >= 4 is 28.2 Å². The molecule has 8 atom stereocenters. The first-order valence-electron chi connectivity index (χ1n) is 18.1. The van der Waals surface area contributed by atoms with Gasteiger partial charge in [0.15, 0.2) is 5.11 Å². The molecule has 2 aromatic carbocycles. The van der Waals surface area contributed by atoms with Crippen molar-refractivity contribution in [3.63, 3.8) is 0 Å². The van der Waals surface area contributed by atoms with E-state index in [9.17, 15) is 0 Å². The summed E-state index contributed by atoms with van der Waals surface area (Å²) in [4.78, 5) is 7.40. The Morgan fingerprint density at radius 2 is 2.00 bits per heavy atom. The van der Waals surface area contributed by atoms with Crippen molar-refractivity contribution in [2.75, 3.05) is 26.7 Å². The SMILES string of the molecule is C=CC1CN2CCC1CC2[C@H](NC(=S)NCC1(C)CCC[C@]2(C)c3ccc(C(C)C)cc3CC[C@@H]12)c1ccnc2ccc(OC)cc12. The largest absolute Gasteiger partial charge is 0.497 e. The molecule has 2 aliphatic carbocycles. The van der Waals surface area contributed by atoms with Crippen molar-refractivity contribution in [1.29, 1.82) is 0 Å². The highest BCUT2D eigenvalue weighted by atomic mass is 32.1. The average molecular weight is 651 g/mol. The van der Waals surface area contributed by atoms with Gasteiger partial charge in [-0.3, -0.25) is 9.88 Å². The third-order valence-corrected chi connectivity index (χ3v) is 13.2. The van der Waals surface area contributed by atoms with Crippen LogP contribution in [0.4, 0.5) is 0 Å². The van der Waals surface area contributed by atoms with Crippen LogP contribution in [0.15, 0.2) is 61.3 Å². The highest BCUT2D eigenvalue weighted by Gasteiger charge is 2.52. The van der Waals surface area contributed by atoms with Crippen LogP contribution < -0.4 is 15.4 Å². The summed E-state index contributed by atoms with van der Waals surface area (Å²) < 4.78 is 5.66. The first-order chi connectivity index (χ1) is 22.6. The molecule has 3 saturated heterocycles. The Balaban J connectivity index is 1.14. The van der Waals surface area contributed by atoms with E-state index < -0.39 is 0 Å².